The van der Waals surface area contributed by atoms with Crippen molar-refractivity contribution < 1.29 is 0 Å². The highest BCUT2D eigenvalue weighted by molar-refractivity contribution is 6.22. The van der Waals surface area contributed by atoms with Crippen LogP contribution in [-0.4, -0.2) is 21.4 Å². The van der Waals surface area contributed by atoms with Gasteiger partial charge in [0.05, 0.1) is 33.6 Å². The highest BCUT2D eigenvalue weighted by Crippen LogP contribution is 2.42. The molecule has 0 aromatic carbocycles. The highest BCUT2D eigenvalue weighted by atomic mass is 14.9. The quantitative estimate of drug-likeness (QED) is 0.380. The third-order valence-electron chi connectivity index (χ3n) is 8.07. The minimum absolute atomic E-state index is 0.0641. The van der Waals surface area contributed by atoms with Gasteiger partial charge < -0.3 is 9.97 Å². The van der Waals surface area contributed by atoms with Crippen LogP contribution in [0.4, 0.5) is 0 Å². The topological polar surface area (TPSA) is 56.3 Å². The minimum Gasteiger partial charge on any atom is -0.358 e. The van der Waals surface area contributed by atoms with Crippen molar-refractivity contribution in [1.29, 1.82) is 0 Å². The van der Waals surface area contributed by atoms with Gasteiger partial charge in [0, 0.05) is 22.8 Å². The van der Waals surface area contributed by atoms with E-state index in [1.807, 2.05) is 0 Å². The third kappa shape index (κ3) is 4.21. The van der Waals surface area contributed by atoms with Gasteiger partial charge in [-0.25, -0.2) is 0 Å². The Bertz CT molecular complexity index is 1190. The zero-order valence-corrected chi connectivity index (χ0v) is 22.3. The van der Waals surface area contributed by atoms with Crippen LogP contribution in [0.15, 0.2) is 69.9 Å². The normalized spacial score (nSPS) is 22.1. The molecular weight excluding hydrogens is 440 g/mol. The van der Waals surface area contributed by atoms with Crippen molar-refractivity contribution in [3.63, 3.8) is 0 Å². The predicted molar refractivity (Wildman–Crippen MR) is 154 cm³/mol. The zero-order chi connectivity index (χ0) is 25.2. The van der Waals surface area contributed by atoms with Gasteiger partial charge in [0.1, 0.15) is 0 Å². The van der Waals surface area contributed by atoms with E-state index >= 15 is 0 Å². The van der Waals surface area contributed by atoms with Crippen molar-refractivity contribution in [2.45, 2.75) is 84.5 Å². The van der Waals surface area contributed by atoms with Gasteiger partial charge in [0.25, 0.3) is 0 Å². The standard InChI is InChI=1S/C32H40N4/c1-5-17-31(18-6-2)27-13-9-23(33-27)21-25-11-15-29(35-25)32(19-7-3,20-8-4)30-16-12-26(36-30)22-24-10-14-28(31)34-24/h9-16,21-22,33-34H,5-8,17-20H2,1-4H3/b25-21-,26-22-. The van der Waals surface area contributed by atoms with E-state index < -0.39 is 0 Å². The summed E-state index contributed by atoms with van der Waals surface area (Å²) in [5, 5.41) is 0. The average molecular weight is 481 g/mol. The summed E-state index contributed by atoms with van der Waals surface area (Å²) in [5.41, 5.74) is 8.89. The van der Waals surface area contributed by atoms with Crippen molar-refractivity contribution in [1.82, 2.24) is 9.97 Å². The molecule has 0 spiro atoms. The van der Waals surface area contributed by atoms with Crippen molar-refractivity contribution in [3.05, 3.63) is 82.7 Å². The second-order valence-corrected chi connectivity index (χ2v) is 10.6. The monoisotopic (exact) mass is 480 g/mol. The Kier molecular flexibility index (Phi) is 6.87. The molecule has 36 heavy (non-hydrogen) atoms. The van der Waals surface area contributed by atoms with Crippen LogP contribution in [0, 0.1) is 5.41 Å². The van der Waals surface area contributed by atoms with Gasteiger partial charge in [0.15, 0.2) is 0 Å². The summed E-state index contributed by atoms with van der Waals surface area (Å²) in [4.78, 5) is 17.9. The summed E-state index contributed by atoms with van der Waals surface area (Å²) < 4.78 is 0. The molecule has 188 valence electrons. The smallest absolute Gasteiger partial charge is 0.0654 e. The Morgan fingerprint density at radius 3 is 1.39 bits per heavy atom. The summed E-state index contributed by atoms with van der Waals surface area (Å²) >= 11 is 0. The number of H-pyrrole nitrogens is 2. The van der Waals surface area contributed by atoms with E-state index in [9.17, 15) is 0 Å². The molecule has 5 heterocycles. The Balaban J connectivity index is 1.72. The van der Waals surface area contributed by atoms with E-state index in [4.69, 9.17) is 9.98 Å². The molecule has 0 amide bonds. The number of fused-ring (bicyclic) bond motifs is 6. The third-order valence-corrected chi connectivity index (χ3v) is 8.07. The van der Waals surface area contributed by atoms with Gasteiger partial charge in [-0.3, -0.25) is 9.98 Å². The molecule has 2 aromatic heterocycles. The van der Waals surface area contributed by atoms with Crippen LogP contribution in [0.25, 0.3) is 12.2 Å². The van der Waals surface area contributed by atoms with E-state index in [1.165, 1.54) is 11.4 Å². The number of hydrogen-bond acceptors (Lipinski definition) is 2. The average Bonchev–Trinajstić information content (AvgIpc) is 3.67. The van der Waals surface area contributed by atoms with E-state index in [1.54, 1.807) is 0 Å². The Hall–Kier alpha value is -3.14. The van der Waals surface area contributed by atoms with E-state index in [0.29, 0.717) is 0 Å². The molecule has 3 aliphatic rings. The molecule has 2 N–H and O–H groups in total. The highest BCUT2D eigenvalue weighted by Gasteiger charge is 2.40. The molecule has 8 bridgehead atoms. The first-order valence-electron chi connectivity index (χ1n) is 13.9. The zero-order valence-electron chi connectivity index (χ0n) is 22.3. The van der Waals surface area contributed by atoms with E-state index in [2.05, 4.69) is 98.4 Å². The molecule has 2 aromatic rings. The fraction of sp³-hybridized carbons (Fsp3) is 0.438. The fourth-order valence-corrected chi connectivity index (χ4v) is 6.60. The van der Waals surface area contributed by atoms with Crippen LogP contribution in [0.5, 0.6) is 0 Å². The number of allylic oxidation sites excluding steroid dienone is 4. The van der Waals surface area contributed by atoms with Crippen molar-refractivity contribution in [3.8, 4) is 0 Å². The summed E-state index contributed by atoms with van der Waals surface area (Å²) in [5.74, 6) is 0. The fourth-order valence-electron chi connectivity index (χ4n) is 6.60. The van der Waals surface area contributed by atoms with Gasteiger partial charge in [-0.15, -0.1) is 0 Å². The van der Waals surface area contributed by atoms with Crippen LogP contribution in [0.3, 0.4) is 0 Å². The summed E-state index contributed by atoms with van der Waals surface area (Å²) in [6.45, 7) is 9.10. The van der Waals surface area contributed by atoms with Crippen LogP contribution in [-0.2, 0) is 5.41 Å². The summed E-state index contributed by atoms with van der Waals surface area (Å²) in [6.07, 6.45) is 21.9. The van der Waals surface area contributed by atoms with E-state index in [-0.39, 0.29) is 10.8 Å². The van der Waals surface area contributed by atoms with Crippen LogP contribution in [0.1, 0.15) is 102 Å². The first-order chi connectivity index (χ1) is 17.6. The van der Waals surface area contributed by atoms with Crippen LogP contribution in [0.2, 0.25) is 0 Å². The number of hydrogen-bond donors (Lipinski definition) is 2. The first-order valence-corrected chi connectivity index (χ1v) is 13.9. The lowest BCUT2D eigenvalue weighted by Crippen LogP contribution is -2.36. The Labute approximate surface area is 216 Å². The minimum atomic E-state index is -0.155. The maximum atomic E-state index is 5.19. The number of aromatic nitrogens is 2. The number of nitrogens with zero attached hydrogens (tertiary/aromatic N) is 2. The van der Waals surface area contributed by atoms with Gasteiger partial charge in [0.2, 0.25) is 0 Å². The molecule has 4 heteroatoms. The maximum Gasteiger partial charge on any atom is 0.0654 e. The largest absolute Gasteiger partial charge is 0.358 e. The van der Waals surface area contributed by atoms with Crippen LogP contribution < -0.4 is 0 Å². The molecule has 0 radical (unpaired) electrons. The molecule has 0 saturated carbocycles. The van der Waals surface area contributed by atoms with Crippen LogP contribution >= 0.6 is 0 Å². The lowest BCUT2D eigenvalue weighted by molar-refractivity contribution is 0.407. The van der Waals surface area contributed by atoms with Crippen molar-refractivity contribution in [2.24, 2.45) is 15.4 Å². The lowest BCUT2D eigenvalue weighted by Gasteiger charge is -2.33. The molecule has 0 fully saturated rings. The second kappa shape index (κ2) is 10.1. The molecule has 5 rings (SSSR count). The first kappa shape index (κ1) is 24.5. The molecule has 4 nitrogen and oxygen atoms in total. The second-order valence-electron chi connectivity index (χ2n) is 10.6. The van der Waals surface area contributed by atoms with Gasteiger partial charge in [-0.2, -0.15) is 0 Å². The van der Waals surface area contributed by atoms with Gasteiger partial charge >= 0.3 is 0 Å². The van der Waals surface area contributed by atoms with Crippen molar-refractivity contribution in [2.75, 3.05) is 0 Å². The van der Waals surface area contributed by atoms with Crippen molar-refractivity contribution >= 4 is 23.6 Å². The summed E-state index contributed by atoms with van der Waals surface area (Å²) in [7, 11) is 0. The van der Waals surface area contributed by atoms with Gasteiger partial charge in [-0.1, -0.05) is 53.4 Å². The molecule has 0 atom stereocenters. The van der Waals surface area contributed by atoms with E-state index in [0.717, 1.165) is 85.6 Å². The Morgan fingerprint density at radius 2 is 0.972 bits per heavy atom. The number of aromatic amines is 2. The molecule has 3 aliphatic heterocycles. The Morgan fingerprint density at radius 1 is 0.556 bits per heavy atom. The molecular formula is C32H40N4. The molecule has 0 unspecified atom stereocenters. The number of aliphatic imine (C=N–C) groups is 2. The predicted octanol–water partition coefficient (Wildman–Crippen LogP) is 8.53. The summed E-state index contributed by atoms with van der Waals surface area (Å²) in [6, 6.07) is 9.00. The molecule has 0 saturated heterocycles. The number of nitrogens with one attached hydrogen (secondary N) is 2. The lowest BCUT2D eigenvalue weighted by atomic mass is 9.71. The molecule has 0 aliphatic carbocycles. The number of rotatable bonds is 8. The van der Waals surface area contributed by atoms with Gasteiger partial charge in [-0.05, 0) is 86.4 Å². The maximum absolute atomic E-state index is 5.19. The SMILES string of the molecule is CCCC1(CCC)C2=N/C(=C\c3ccc([nH]3)C(CCC)(CCC)c3ccc([nH]3)/C=C3/C=CC1=N3)C=C2.